The van der Waals surface area contributed by atoms with Gasteiger partial charge >= 0.3 is 12.1 Å². The van der Waals surface area contributed by atoms with Crippen LogP contribution >= 0.6 is 36.9 Å². The fraction of sp³-hybridized carbons (Fsp3) is 0.367. The number of benzene rings is 4. The lowest BCUT2D eigenvalue weighted by Crippen LogP contribution is -2.62. The van der Waals surface area contributed by atoms with E-state index in [1.165, 1.54) is 43.3 Å². The first-order chi connectivity index (χ1) is 43.8. The first-order valence-corrected chi connectivity index (χ1v) is 30.7. The van der Waals surface area contributed by atoms with Gasteiger partial charge in [0.2, 0.25) is 59.1 Å². The molecule has 14 amide bonds. The summed E-state index contributed by atoms with van der Waals surface area (Å²) >= 11 is 14.6. The molecule has 0 aliphatic carbocycles. The van der Waals surface area contributed by atoms with Gasteiger partial charge in [-0.3, -0.25) is 53.3 Å². The van der Waals surface area contributed by atoms with Crippen LogP contribution < -0.4 is 81.4 Å². The summed E-state index contributed by atoms with van der Waals surface area (Å²) in [5.41, 5.74) is 26.5. The van der Waals surface area contributed by atoms with Crippen LogP contribution in [0.2, 0.25) is 5.02 Å². The number of para-hydroxylation sites is 1. The second kappa shape index (κ2) is 34.8. The average Bonchev–Trinajstić information content (AvgIpc) is 1.70. The largest absolute Gasteiger partial charge is 0.391 e. The lowest BCUT2D eigenvalue weighted by molar-refractivity contribution is -0.136. The Hall–Kier alpha value is -9.27. The van der Waals surface area contributed by atoms with E-state index in [0.29, 0.717) is 50.3 Å². The number of aromatic amines is 1. The lowest BCUT2D eigenvalue weighted by Gasteiger charge is -2.28. The minimum atomic E-state index is -1.78. The molecule has 6 rings (SSSR count). The van der Waals surface area contributed by atoms with Crippen LogP contribution in [0.25, 0.3) is 10.9 Å². The van der Waals surface area contributed by atoms with Crippen molar-refractivity contribution in [3.8, 4) is 0 Å². The number of thiol groups is 2. The molecule has 92 heavy (non-hydrogen) atoms. The van der Waals surface area contributed by atoms with E-state index in [1.54, 1.807) is 66.9 Å². The quantitative estimate of drug-likeness (QED) is 0.0171. The molecule has 29 nitrogen and oxygen atoms in total. The van der Waals surface area contributed by atoms with Crippen LogP contribution in [-0.2, 0) is 73.6 Å². The van der Waals surface area contributed by atoms with Crippen LogP contribution in [0.4, 0.5) is 21.0 Å². The molecule has 0 saturated carbocycles. The monoisotopic (exact) mass is 1330 g/mol. The molecule has 492 valence electrons. The molecular formula is C60H75ClN16O13S2. The molecule has 2 heterocycles. The number of amides is 14. The zero-order valence-electron chi connectivity index (χ0n) is 49.8. The molecule has 4 aromatic carbocycles. The molecule has 5 aromatic rings. The van der Waals surface area contributed by atoms with Crippen molar-refractivity contribution in [2.75, 3.05) is 28.7 Å². The molecule has 21 N–H and O–H groups in total. The van der Waals surface area contributed by atoms with E-state index < -0.39 is 132 Å². The summed E-state index contributed by atoms with van der Waals surface area (Å²) in [7, 11) is 0. The van der Waals surface area contributed by atoms with E-state index in [-0.39, 0.29) is 68.7 Å². The van der Waals surface area contributed by atoms with Gasteiger partial charge in [-0.25, -0.2) is 9.59 Å². The fourth-order valence-electron chi connectivity index (χ4n) is 9.63. The summed E-state index contributed by atoms with van der Waals surface area (Å²) in [6, 6.07) is 11.6. The molecule has 1 unspecified atom stereocenters. The van der Waals surface area contributed by atoms with E-state index in [1.807, 2.05) is 5.32 Å². The first-order valence-electron chi connectivity index (χ1n) is 29.1. The number of urea groups is 2. The summed E-state index contributed by atoms with van der Waals surface area (Å²) in [6.07, 6.45) is -0.226. The van der Waals surface area contributed by atoms with Crippen LogP contribution in [0.5, 0.6) is 0 Å². The van der Waals surface area contributed by atoms with Crippen LogP contribution in [0.3, 0.4) is 0 Å². The predicted octanol–water partition coefficient (Wildman–Crippen LogP) is -1.31. The molecule has 1 aliphatic heterocycles. The van der Waals surface area contributed by atoms with E-state index in [2.05, 4.69) is 83.4 Å². The smallest absolute Gasteiger partial charge is 0.322 e. The summed E-state index contributed by atoms with van der Waals surface area (Å²) < 4.78 is 0. The molecule has 1 fully saturated rings. The Kier molecular flexibility index (Phi) is 27.2. The van der Waals surface area contributed by atoms with Gasteiger partial charge in [0, 0.05) is 64.3 Å². The number of unbranched alkanes of at least 4 members (excludes halogenated alkanes) is 1. The van der Waals surface area contributed by atoms with Crippen molar-refractivity contribution in [1.82, 2.24) is 52.8 Å². The number of fused-ring (bicyclic) bond motifs is 1. The second-order valence-electron chi connectivity index (χ2n) is 21.7. The van der Waals surface area contributed by atoms with Gasteiger partial charge in [0.15, 0.2) is 0 Å². The zero-order valence-corrected chi connectivity index (χ0v) is 52.3. The summed E-state index contributed by atoms with van der Waals surface area (Å²) in [4.78, 5) is 163. The number of rotatable bonds is 33. The van der Waals surface area contributed by atoms with Crippen molar-refractivity contribution in [1.29, 1.82) is 0 Å². The molecule has 1 saturated heterocycles. The van der Waals surface area contributed by atoms with Crippen LogP contribution in [0.1, 0.15) is 54.9 Å². The molecule has 0 bridgehead atoms. The number of aromatic nitrogens is 1. The van der Waals surface area contributed by atoms with E-state index in [4.69, 9.17) is 34.5 Å². The van der Waals surface area contributed by atoms with Gasteiger partial charge in [-0.15, -0.1) is 0 Å². The van der Waals surface area contributed by atoms with Crippen LogP contribution in [-0.4, -0.2) is 160 Å². The highest BCUT2D eigenvalue weighted by Gasteiger charge is 2.36. The second-order valence-corrected chi connectivity index (χ2v) is 22.9. The third-order valence-corrected chi connectivity index (χ3v) is 15.6. The Morgan fingerprint density at radius 1 is 0.598 bits per heavy atom. The predicted molar refractivity (Wildman–Crippen MR) is 347 cm³/mol. The Balaban J connectivity index is 1.19. The van der Waals surface area contributed by atoms with Gasteiger partial charge in [-0.05, 0) is 104 Å². The number of primary amides is 2. The molecular weight excluding hydrogens is 1250 g/mol. The third kappa shape index (κ3) is 21.7. The number of aliphatic hydroxyl groups excluding tert-OH is 1. The fourth-order valence-corrected chi connectivity index (χ4v) is 10.3. The van der Waals surface area contributed by atoms with Crippen molar-refractivity contribution in [2.45, 2.75) is 119 Å². The maximum absolute atomic E-state index is 14.9. The Morgan fingerprint density at radius 3 is 1.64 bits per heavy atom. The summed E-state index contributed by atoms with van der Waals surface area (Å²) in [5, 5.41) is 39.7. The SMILES string of the molecule is C[C@@H](O)[C@H](NC(=O)[C@H](CCCCN)NC(=O)[C@@H](Cc1c[nH]c2ccccc12)NC(=O)[C@H](Cc1ccc(NC(N)=O)cc1)NC(=O)[C@@H](CS)NC(=O)[C@@H](N)Cc1ccc(Cl)cc1)C(=O)N[C@@H](CS)C(=O)N[C@@H](Cc1ccc(NC(=O)C2CC(=O)NC(=O)N2)cc1)C(N)=O. The number of imide groups is 1. The highest BCUT2D eigenvalue weighted by atomic mass is 35.5. The summed E-state index contributed by atoms with van der Waals surface area (Å²) in [5.74, 6) is -9.18. The normalized spacial score (nSPS) is 15.8. The number of hydrogen-bond donors (Lipinski definition) is 19. The number of carbonyl (C=O) groups is 12. The van der Waals surface area contributed by atoms with Crippen molar-refractivity contribution >= 4 is 130 Å². The number of anilines is 2. The number of halogens is 1. The highest BCUT2D eigenvalue weighted by molar-refractivity contribution is 7.80. The van der Waals surface area contributed by atoms with Crippen molar-refractivity contribution in [3.63, 3.8) is 0 Å². The molecule has 0 spiro atoms. The van der Waals surface area contributed by atoms with Crippen molar-refractivity contribution in [2.24, 2.45) is 22.9 Å². The number of nitrogens with two attached hydrogens (primary N) is 4. The van der Waals surface area contributed by atoms with Gasteiger partial charge in [0.25, 0.3) is 0 Å². The van der Waals surface area contributed by atoms with Crippen LogP contribution in [0, 0.1) is 0 Å². The molecule has 1 aromatic heterocycles. The first kappa shape index (κ1) is 71.8. The topological polar surface area (TPSA) is 477 Å². The van der Waals surface area contributed by atoms with Gasteiger partial charge in [-0.1, -0.05) is 66.2 Å². The minimum Gasteiger partial charge on any atom is -0.391 e. The standard InChI is InChI=1S/C60H75ClN16O13S2/c1-30(78)49(58(88)74-47(29-92)56(86)70-42(50(64)80)23-32-11-17-36(18-12-32)67-53(83)45-26-48(79)76-60(90)75-45)77-52(82)41(8-4-5-21-62)69-55(85)44(25-34-27-66-40-7-3-2-6-38(34)40)72-54(84)43(24-33-13-19-37(20-14-33)68-59(65)89)71-57(87)46(28-91)73-51(81)39(63)22-31-9-15-35(61)16-10-31/h2-3,6-7,9-20,27,30,39,41-47,49,66,78,91-92H,4-5,8,21-26,28-29,62-63H2,1H3,(H2,64,80)(H,67,83)(H,69,85)(H,70,86)(H,71,87)(H,72,84)(H,73,81)(H,74,88)(H,77,82)(H3,65,68,89)(H2,75,76,79,90)/t30-,39+,41+,42+,43+,44-,45?,46-,47+,49+/m1/s1. The number of aliphatic hydroxyl groups is 1. The average molecular weight is 1330 g/mol. The lowest BCUT2D eigenvalue weighted by atomic mass is 10.0. The van der Waals surface area contributed by atoms with Crippen LogP contribution in [0.15, 0.2) is 103 Å². The Bertz CT molecular complexity index is 3460. The van der Waals surface area contributed by atoms with Gasteiger partial charge in [-0.2, -0.15) is 25.3 Å². The molecule has 0 radical (unpaired) electrons. The highest BCUT2D eigenvalue weighted by Crippen LogP contribution is 2.21. The van der Waals surface area contributed by atoms with E-state index in [9.17, 15) is 62.6 Å². The number of H-pyrrole nitrogens is 1. The van der Waals surface area contributed by atoms with Gasteiger partial charge < -0.3 is 86.2 Å². The van der Waals surface area contributed by atoms with Gasteiger partial charge in [0.05, 0.1) is 18.6 Å². The van der Waals surface area contributed by atoms with Gasteiger partial charge in [0.1, 0.15) is 48.3 Å². The van der Waals surface area contributed by atoms with E-state index >= 15 is 0 Å². The number of hydrogen-bond acceptors (Lipinski definition) is 17. The Morgan fingerprint density at radius 2 is 1.09 bits per heavy atom. The molecule has 32 heteroatoms. The maximum atomic E-state index is 14.9. The van der Waals surface area contributed by atoms with E-state index in [0.717, 1.165) is 0 Å². The summed E-state index contributed by atoms with van der Waals surface area (Å²) in [6.45, 7) is 1.38. The molecule has 1 aliphatic rings. The van der Waals surface area contributed by atoms with Crippen molar-refractivity contribution in [3.05, 3.63) is 131 Å². The number of nitrogens with one attached hydrogen (secondary N) is 12. The molecule has 10 atom stereocenters. The number of carbonyl (C=O) groups excluding carboxylic acids is 12. The van der Waals surface area contributed by atoms with Crippen molar-refractivity contribution < 1.29 is 62.6 Å². The maximum Gasteiger partial charge on any atom is 0.322 e. The Labute approximate surface area is 544 Å². The zero-order chi connectivity index (χ0) is 67.2. The minimum absolute atomic E-state index is 0.0795. The third-order valence-electron chi connectivity index (χ3n) is 14.6.